The molecule has 1 unspecified atom stereocenters. The molecule has 0 bridgehead atoms. The molecule has 0 aromatic rings. The summed E-state index contributed by atoms with van der Waals surface area (Å²) in [6, 6.07) is 0.530. The highest BCUT2D eigenvalue weighted by atomic mass is 16.4. The summed E-state index contributed by atoms with van der Waals surface area (Å²) in [6.07, 6.45) is 4.09. The molecular formula is C13H25N3O2. The number of carbonyl (C=O) groups is 1. The smallest absolute Gasteiger partial charge is 0.325 e. The van der Waals surface area contributed by atoms with E-state index in [0.717, 1.165) is 32.5 Å². The lowest BCUT2D eigenvalue weighted by Gasteiger charge is -2.37. The summed E-state index contributed by atoms with van der Waals surface area (Å²) in [5, 5.41) is 9.14. The number of hydrogen-bond acceptors (Lipinski definition) is 4. The van der Waals surface area contributed by atoms with Crippen molar-refractivity contribution in [2.24, 2.45) is 5.73 Å². The van der Waals surface area contributed by atoms with Crippen LogP contribution in [0.15, 0.2) is 0 Å². The zero-order chi connectivity index (χ0) is 13.2. The van der Waals surface area contributed by atoms with Crippen molar-refractivity contribution >= 4 is 5.97 Å². The van der Waals surface area contributed by atoms with Crippen LogP contribution in [0.4, 0.5) is 0 Å². The molecule has 5 nitrogen and oxygen atoms in total. The first-order valence-corrected chi connectivity index (χ1v) is 7.04. The van der Waals surface area contributed by atoms with Gasteiger partial charge < -0.3 is 15.7 Å². The molecule has 2 saturated heterocycles. The van der Waals surface area contributed by atoms with E-state index >= 15 is 0 Å². The zero-order valence-corrected chi connectivity index (χ0v) is 11.3. The summed E-state index contributed by atoms with van der Waals surface area (Å²) >= 11 is 0. The highest BCUT2D eigenvalue weighted by Gasteiger charge is 2.43. The van der Waals surface area contributed by atoms with Gasteiger partial charge in [0, 0.05) is 19.1 Å². The fourth-order valence-electron chi connectivity index (χ4n) is 3.17. The van der Waals surface area contributed by atoms with E-state index in [1.165, 1.54) is 13.0 Å². The average Bonchev–Trinajstić information content (AvgIpc) is 2.75. The van der Waals surface area contributed by atoms with Crippen LogP contribution < -0.4 is 5.73 Å². The summed E-state index contributed by atoms with van der Waals surface area (Å²) in [6.45, 7) is 7.02. The van der Waals surface area contributed by atoms with Crippen molar-refractivity contribution in [1.82, 2.24) is 9.80 Å². The highest BCUT2D eigenvalue weighted by Crippen LogP contribution is 2.25. The first-order chi connectivity index (χ1) is 8.55. The second kappa shape index (κ2) is 5.55. The molecule has 0 amide bonds. The van der Waals surface area contributed by atoms with Crippen LogP contribution in [0.2, 0.25) is 0 Å². The summed E-state index contributed by atoms with van der Waals surface area (Å²) in [4.78, 5) is 15.9. The Morgan fingerprint density at radius 3 is 2.56 bits per heavy atom. The number of likely N-dealkylation sites (tertiary alicyclic amines) is 2. The van der Waals surface area contributed by atoms with Gasteiger partial charge >= 0.3 is 5.97 Å². The van der Waals surface area contributed by atoms with Crippen LogP contribution in [-0.2, 0) is 4.79 Å². The van der Waals surface area contributed by atoms with Crippen LogP contribution in [0.1, 0.15) is 32.6 Å². The summed E-state index contributed by atoms with van der Waals surface area (Å²) in [5.41, 5.74) is 4.91. The van der Waals surface area contributed by atoms with Crippen molar-refractivity contribution < 1.29 is 9.90 Å². The number of carboxylic acids is 1. The van der Waals surface area contributed by atoms with Crippen molar-refractivity contribution in [1.29, 1.82) is 0 Å². The van der Waals surface area contributed by atoms with Gasteiger partial charge in [-0.15, -0.1) is 0 Å². The first-order valence-electron chi connectivity index (χ1n) is 7.04. The predicted molar refractivity (Wildman–Crippen MR) is 70.5 cm³/mol. The molecule has 104 valence electrons. The molecule has 5 heteroatoms. The number of hydrogen-bond donors (Lipinski definition) is 2. The maximum absolute atomic E-state index is 11.1. The Morgan fingerprint density at radius 1 is 1.39 bits per heavy atom. The van der Waals surface area contributed by atoms with Gasteiger partial charge in [0.2, 0.25) is 0 Å². The lowest BCUT2D eigenvalue weighted by atomic mass is 10.00. The van der Waals surface area contributed by atoms with E-state index in [1.807, 2.05) is 0 Å². The minimum atomic E-state index is -1.01. The number of carboxylic acid groups (broad SMARTS) is 1. The molecule has 3 N–H and O–H groups in total. The van der Waals surface area contributed by atoms with E-state index in [1.54, 1.807) is 0 Å². The van der Waals surface area contributed by atoms with Gasteiger partial charge in [-0.1, -0.05) is 6.92 Å². The Hall–Kier alpha value is -0.650. The summed E-state index contributed by atoms with van der Waals surface area (Å²) < 4.78 is 0. The number of piperidine rings is 1. The molecule has 0 aromatic carbocycles. The monoisotopic (exact) mass is 255 g/mol. The van der Waals surface area contributed by atoms with Gasteiger partial charge in [0.25, 0.3) is 0 Å². The molecule has 2 aliphatic rings. The quantitative estimate of drug-likeness (QED) is 0.758. The van der Waals surface area contributed by atoms with Gasteiger partial charge in [-0.25, -0.2) is 0 Å². The Bertz CT molecular complexity index is 303. The second-order valence-corrected chi connectivity index (χ2v) is 5.75. The molecule has 2 fully saturated rings. The fourth-order valence-corrected chi connectivity index (χ4v) is 3.17. The van der Waals surface area contributed by atoms with E-state index in [-0.39, 0.29) is 0 Å². The Balaban J connectivity index is 1.83. The molecular weight excluding hydrogens is 230 g/mol. The molecule has 1 atom stereocenters. The number of nitrogens with zero attached hydrogens (tertiary/aromatic N) is 2. The van der Waals surface area contributed by atoms with Crippen molar-refractivity contribution in [2.75, 3.05) is 32.7 Å². The third-order valence-electron chi connectivity index (χ3n) is 4.37. The van der Waals surface area contributed by atoms with Crippen LogP contribution >= 0.6 is 0 Å². The largest absolute Gasteiger partial charge is 0.480 e. The van der Waals surface area contributed by atoms with Crippen LogP contribution in [0, 0.1) is 0 Å². The number of nitrogens with two attached hydrogens (primary N) is 1. The predicted octanol–water partition coefficient (Wildman–Crippen LogP) is 0.349. The minimum Gasteiger partial charge on any atom is -0.480 e. The molecule has 0 radical (unpaired) electrons. The molecule has 0 aliphatic carbocycles. The maximum atomic E-state index is 11.1. The standard InChI is InChI=1S/C13H25N3O2/c1-2-6-15-7-3-11(4-8-15)16-9-5-13(14,10-16)12(17)18/h11H,2-10,14H2,1H3,(H,17,18). The van der Waals surface area contributed by atoms with E-state index < -0.39 is 11.5 Å². The average molecular weight is 255 g/mol. The van der Waals surface area contributed by atoms with Gasteiger partial charge in [-0.2, -0.15) is 0 Å². The normalized spacial score (nSPS) is 31.9. The Morgan fingerprint density at radius 2 is 2.06 bits per heavy atom. The van der Waals surface area contributed by atoms with E-state index in [9.17, 15) is 4.79 Å². The van der Waals surface area contributed by atoms with Crippen LogP contribution in [-0.4, -0.2) is 65.2 Å². The third-order valence-corrected chi connectivity index (χ3v) is 4.37. The van der Waals surface area contributed by atoms with Gasteiger partial charge in [0.15, 0.2) is 0 Å². The highest BCUT2D eigenvalue weighted by molar-refractivity contribution is 5.79. The van der Waals surface area contributed by atoms with Gasteiger partial charge in [-0.3, -0.25) is 9.69 Å². The minimum absolute atomic E-state index is 0.515. The Kier molecular flexibility index (Phi) is 4.25. The van der Waals surface area contributed by atoms with Gasteiger partial charge in [0.05, 0.1) is 0 Å². The van der Waals surface area contributed by atoms with E-state index in [4.69, 9.17) is 10.8 Å². The van der Waals surface area contributed by atoms with Gasteiger partial charge in [-0.05, 0) is 45.3 Å². The zero-order valence-electron chi connectivity index (χ0n) is 11.3. The first kappa shape index (κ1) is 13.8. The van der Waals surface area contributed by atoms with Crippen LogP contribution in [0.25, 0.3) is 0 Å². The van der Waals surface area contributed by atoms with Crippen molar-refractivity contribution in [3.63, 3.8) is 0 Å². The fraction of sp³-hybridized carbons (Fsp3) is 0.923. The second-order valence-electron chi connectivity index (χ2n) is 5.75. The number of aliphatic carboxylic acids is 1. The number of rotatable bonds is 4. The van der Waals surface area contributed by atoms with E-state index in [2.05, 4.69) is 16.7 Å². The van der Waals surface area contributed by atoms with Crippen molar-refractivity contribution in [2.45, 2.75) is 44.2 Å². The lowest BCUT2D eigenvalue weighted by Crippen LogP contribution is -2.52. The molecule has 2 rings (SSSR count). The topological polar surface area (TPSA) is 69.8 Å². The Labute approximate surface area is 109 Å². The van der Waals surface area contributed by atoms with Crippen molar-refractivity contribution in [3.8, 4) is 0 Å². The lowest BCUT2D eigenvalue weighted by molar-refractivity contribution is -0.142. The maximum Gasteiger partial charge on any atom is 0.325 e. The SMILES string of the molecule is CCCN1CCC(N2CCC(N)(C(=O)O)C2)CC1. The molecule has 2 aliphatic heterocycles. The molecule has 0 spiro atoms. The molecule has 18 heavy (non-hydrogen) atoms. The third kappa shape index (κ3) is 2.84. The summed E-state index contributed by atoms with van der Waals surface area (Å²) in [7, 11) is 0. The van der Waals surface area contributed by atoms with E-state index in [0.29, 0.717) is 19.0 Å². The van der Waals surface area contributed by atoms with Crippen molar-refractivity contribution in [3.05, 3.63) is 0 Å². The van der Waals surface area contributed by atoms with Crippen LogP contribution in [0.3, 0.4) is 0 Å². The molecule has 0 aromatic heterocycles. The molecule has 0 saturated carbocycles. The van der Waals surface area contributed by atoms with Crippen LogP contribution in [0.5, 0.6) is 0 Å². The summed E-state index contributed by atoms with van der Waals surface area (Å²) in [5.74, 6) is -0.853. The molecule has 2 heterocycles. The van der Waals surface area contributed by atoms with Gasteiger partial charge in [0.1, 0.15) is 5.54 Å².